The van der Waals surface area contributed by atoms with Crippen molar-refractivity contribution in [2.45, 2.75) is 51.6 Å². The van der Waals surface area contributed by atoms with Gasteiger partial charge < -0.3 is 10.6 Å². The van der Waals surface area contributed by atoms with Crippen molar-refractivity contribution in [1.29, 1.82) is 0 Å². The fraction of sp³-hybridized carbons (Fsp3) is 0.429. The fourth-order valence-electron chi connectivity index (χ4n) is 3.54. The molecule has 134 valence electrons. The first-order valence-electron chi connectivity index (χ1n) is 8.94. The maximum atomic E-state index is 13.5. The van der Waals surface area contributed by atoms with E-state index in [4.69, 9.17) is 5.73 Å². The molecule has 4 heteroatoms. The summed E-state index contributed by atoms with van der Waals surface area (Å²) < 4.78 is 0. The Morgan fingerprint density at radius 3 is 2.08 bits per heavy atom. The highest BCUT2D eigenvalue weighted by Crippen LogP contribution is 2.34. The number of nitrogens with two attached hydrogens (primary N) is 1. The van der Waals surface area contributed by atoms with Gasteiger partial charge in [0, 0.05) is 36.9 Å². The van der Waals surface area contributed by atoms with Crippen LogP contribution >= 0.6 is 0 Å². The van der Waals surface area contributed by atoms with Crippen LogP contribution in [0.3, 0.4) is 0 Å². The number of hydrogen-bond acceptors (Lipinski definition) is 3. The molecule has 2 atom stereocenters. The minimum Gasteiger partial charge on any atom is -0.337 e. The van der Waals surface area contributed by atoms with Crippen LogP contribution in [0.25, 0.3) is 0 Å². The second-order valence-electron chi connectivity index (χ2n) is 6.95. The van der Waals surface area contributed by atoms with Crippen molar-refractivity contribution in [1.82, 2.24) is 9.88 Å². The van der Waals surface area contributed by atoms with E-state index in [0.717, 1.165) is 11.1 Å². The van der Waals surface area contributed by atoms with Crippen molar-refractivity contribution in [2.24, 2.45) is 5.73 Å². The number of rotatable bonds is 7. The van der Waals surface area contributed by atoms with Gasteiger partial charge in [0.25, 0.3) is 0 Å². The highest BCUT2D eigenvalue weighted by atomic mass is 16.2. The summed E-state index contributed by atoms with van der Waals surface area (Å²) in [5.74, 6) is -0.318. The fourth-order valence-corrected chi connectivity index (χ4v) is 3.54. The smallest absolute Gasteiger partial charge is 0.231 e. The van der Waals surface area contributed by atoms with Gasteiger partial charge >= 0.3 is 0 Å². The predicted molar refractivity (Wildman–Crippen MR) is 102 cm³/mol. The summed E-state index contributed by atoms with van der Waals surface area (Å²) in [6.45, 7) is 8.62. The lowest BCUT2D eigenvalue weighted by molar-refractivity contribution is -0.137. The molecule has 2 unspecified atom stereocenters. The average Bonchev–Trinajstić information content (AvgIpc) is 2.60. The van der Waals surface area contributed by atoms with Gasteiger partial charge in [-0.15, -0.1) is 0 Å². The number of carbonyl (C=O) groups excluding carboxylic acids is 1. The van der Waals surface area contributed by atoms with Crippen LogP contribution in [0, 0.1) is 0 Å². The molecule has 4 nitrogen and oxygen atoms in total. The summed E-state index contributed by atoms with van der Waals surface area (Å²) in [6.07, 6.45) is 3.51. The number of pyridine rings is 1. The van der Waals surface area contributed by atoms with E-state index in [1.807, 2.05) is 47.4 Å². The second-order valence-corrected chi connectivity index (χ2v) is 6.95. The van der Waals surface area contributed by atoms with E-state index in [0.29, 0.717) is 6.54 Å². The number of amides is 1. The van der Waals surface area contributed by atoms with Crippen molar-refractivity contribution >= 4 is 5.91 Å². The van der Waals surface area contributed by atoms with Gasteiger partial charge in [0.2, 0.25) is 5.91 Å². The van der Waals surface area contributed by atoms with Crippen LogP contribution < -0.4 is 5.73 Å². The third kappa shape index (κ3) is 4.45. The van der Waals surface area contributed by atoms with Gasteiger partial charge in [0.05, 0.1) is 5.92 Å². The van der Waals surface area contributed by atoms with Crippen LogP contribution in [0.2, 0.25) is 0 Å². The molecule has 0 spiro atoms. The first kappa shape index (κ1) is 19.1. The van der Waals surface area contributed by atoms with Crippen molar-refractivity contribution in [3.05, 3.63) is 66.0 Å². The SMILES string of the molecule is CC(C)N(C(=O)C(c1cccnc1)C(CN)c1ccccc1)C(C)C. The normalized spacial score (nSPS) is 13.7. The maximum absolute atomic E-state index is 13.5. The molecule has 0 fully saturated rings. The standard InChI is InChI=1S/C21H29N3O/c1-15(2)24(16(3)4)21(25)20(18-11-8-12-23-14-18)19(13-22)17-9-6-5-7-10-17/h5-12,14-16,19-20H,13,22H2,1-4H3. The lowest BCUT2D eigenvalue weighted by Crippen LogP contribution is -2.46. The second kappa shape index (κ2) is 8.77. The van der Waals surface area contributed by atoms with Crippen molar-refractivity contribution < 1.29 is 4.79 Å². The molecule has 0 radical (unpaired) electrons. The maximum Gasteiger partial charge on any atom is 0.231 e. The third-order valence-corrected chi connectivity index (χ3v) is 4.56. The van der Waals surface area contributed by atoms with Crippen LogP contribution in [0.5, 0.6) is 0 Å². The molecule has 1 aromatic heterocycles. The van der Waals surface area contributed by atoms with Crippen LogP contribution in [-0.4, -0.2) is 34.4 Å². The Morgan fingerprint density at radius 2 is 1.60 bits per heavy atom. The van der Waals surface area contributed by atoms with Crippen molar-refractivity contribution in [3.63, 3.8) is 0 Å². The van der Waals surface area contributed by atoms with Crippen LogP contribution in [0.15, 0.2) is 54.9 Å². The molecule has 2 aromatic rings. The molecule has 0 saturated carbocycles. The molecule has 25 heavy (non-hydrogen) atoms. The van der Waals surface area contributed by atoms with Gasteiger partial charge in [-0.05, 0) is 44.9 Å². The summed E-state index contributed by atoms with van der Waals surface area (Å²) in [7, 11) is 0. The van der Waals surface area contributed by atoms with E-state index in [9.17, 15) is 4.79 Å². The minimum absolute atomic E-state index is 0.0853. The Bertz CT molecular complexity index is 647. The first-order chi connectivity index (χ1) is 12.0. The zero-order valence-electron chi connectivity index (χ0n) is 15.6. The molecule has 2 rings (SSSR count). The van der Waals surface area contributed by atoms with Crippen LogP contribution in [0.1, 0.15) is 50.7 Å². The molecule has 0 bridgehead atoms. The lowest BCUT2D eigenvalue weighted by atomic mass is 9.80. The Hall–Kier alpha value is -2.20. The summed E-state index contributed by atoms with van der Waals surface area (Å²) in [5, 5.41) is 0. The summed E-state index contributed by atoms with van der Waals surface area (Å²) in [4.78, 5) is 19.7. The number of nitrogens with zero attached hydrogens (tertiary/aromatic N) is 2. The van der Waals surface area contributed by atoms with Gasteiger partial charge in [0.15, 0.2) is 0 Å². The number of aromatic nitrogens is 1. The monoisotopic (exact) mass is 339 g/mol. The molecule has 0 saturated heterocycles. The van der Waals surface area contributed by atoms with Gasteiger partial charge in [-0.2, -0.15) is 0 Å². The molecule has 1 aromatic carbocycles. The van der Waals surface area contributed by atoms with E-state index < -0.39 is 0 Å². The number of benzene rings is 1. The van der Waals surface area contributed by atoms with Gasteiger partial charge in [0.1, 0.15) is 0 Å². The Kier molecular flexibility index (Phi) is 6.71. The molecular weight excluding hydrogens is 310 g/mol. The quantitative estimate of drug-likeness (QED) is 0.839. The van der Waals surface area contributed by atoms with E-state index in [1.54, 1.807) is 12.4 Å². The highest BCUT2D eigenvalue weighted by Gasteiger charge is 2.35. The lowest BCUT2D eigenvalue weighted by Gasteiger charge is -2.36. The molecule has 0 aliphatic heterocycles. The average molecular weight is 339 g/mol. The van der Waals surface area contributed by atoms with Gasteiger partial charge in [-0.1, -0.05) is 36.4 Å². The predicted octanol–water partition coefficient (Wildman–Crippen LogP) is 3.55. The molecule has 2 N–H and O–H groups in total. The first-order valence-corrected chi connectivity index (χ1v) is 8.94. The molecule has 0 aliphatic rings. The number of carbonyl (C=O) groups is 1. The zero-order chi connectivity index (χ0) is 18.4. The molecule has 1 amide bonds. The van der Waals surface area contributed by atoms with Crippen molar-refractivity contribution in [2.75, 3.05) is 6.54 Å². The molecule has 0 aliphatic carbocycles. The van der Waals surface area contributed by atoms with Gasteiger partial charge in [-0.3, -0.25) is 9.78 Å². The Balaban J connectivity index is 2.51. The van der Waals surface area contributed by atoms with E-state index >= 15 is 0 Å². The number of hydrogen-bond donors (Lipinski definition) is 1. The molecular formula is C21H29N3O. The van der Waals surface area contributed by atoms with E-state index in [-0.39, 0.29) is 29.8 Å². The van der Waals surface area contributed by atoms with E-state index in [2.05, 4.69) is 32.7 Å². The van der Waals surface area contributed by atoms with Gasteiger partial charge in [-0.25, -0.2) is 0 Å². The Labute approximate surface area is 151 Å². The van der Waals surface area contributed by atoms with Crippen LogP contribution in [-0.2, 0) is 4.79 Å². The zero-order valence-corrected chi connectivity index (χ0v) is 15.6. The summed E-state index contributed by atoms with van der Waals surface area (Å²) in [5.41, 5.74) is 8.14. The largest absolute Gasteiger partial charge is 0.337 e. The van der Waals surface area contributed by atoms with Crippen LogP contribution in [0.4, 0.5) is 0 Å². The van der Waals surface area contributed by atoms with Crippen molar-refractivity contribution in [3.8, 4) is 0 Å². The highest BCUT2D eigenvalue weighted by molar-refractivity contribution is 5.85. The minimum atomic E-state index is -0.342. The summed E-state index contributed by atoms with van der Waals surface area (Å²) in [6, 6.07) is 14.2. The third-order valence-electron chi connectivity index (χ3n) is 4.56. The van der Waals surface area contributed by atoms with E-state index in [1.165, 1.54) is 0 Å². The Morgan fingerprint density at radius 1 is 1.00 bits per heavy atom. The topological polar surface area (TPSA) is 59.2 Å². The summed E-state index contributed by atoms with van der Waals surface area (Å²) >= 11 is 0. The molecule has 1 heterocycles.